The third-order valence-electron chi connectivity index (χ3n) is 3.57. The van der Waals surface area contributed by atoms with Crippen molar-refractivity contribution < 1.29 is 0 Å². The van der Waals surface area contributed by atoms with Gasteiger partial charge in [0.05, 0.1) is 11.3 Å². The van der Waals surface area contributed by atoms with Gasteiger partial charge in [0.1, 0.15) is 6.07 Å². The summed E-state index contributed by atoms with van der Waals surface area (Å²) in [5.41, 5.74) is 5.23. The largest absolute Gasteiger partial charge is 0.357 e. The Morgan fingerprint density at radius 2 is 1.36 bits per heavy atom. The fourth-order valence-corrected chi connectivity index (χ4v) is 2.76. The first-order chi connectivity index (χ1) is 10.6. The molecular formula is C18H12Cl2N2. The van der Waals surface area contributed by atoms with E-state index in [9.17, 15) is 5.26 Å². The van der Waals surface area contributed by atoms with Gasteiger partial charge in [0, 0.05) is 21.3 Å². The van der Waals surface area contributed by atoms with Crippen LogP contribution in [0.4, 0.5) is 0 Å². The summed E-state index contributed by atoms with van der Waals surface area (Å²) in [6, 6.07) is 17.3. The molecule has 3 rings (SSSR count). The maximum atomic E-state index is 9.50. The Kier molecular flexibility index (Phi) is 3.94. The van der Waals surface area contributed by atoms with Crippen molar-refractivity contribution in [3.05, 3.63) is 69.8 Å². The number of H-pyrrole nitrogens is 1. The van der Waals surface area contributed by atoms with Crippen LogP contribution in [0.2, 0.25) is 10.0 Å². The summed E-state index contributed by atoms with van der Waals surface area (Å²) in [4.78, 5) is 3.31. The topological polar surface area (TPSA) is 39.6 Å². The van der Waals surface area contributed by atoms with Gasteiger partial charge < -0.3 is 4.98 Å². The molecule has 1 heterocycles. The second-order valence-electron chi connectivity index (χ2n) is 5.00. The van der Waals surface area contributed by atoms with E-state index in [0.717, 1.165) is 28.1 Å². The fourth-order valence-electron chi connectivity index (χ4n) is 2.50. The second-order valence-corrected chi connectivity index (χ2v) is 5.87. The van der Waals surface area contributed by atoms with Gasteiger partial charge in [0.15, 0.2) is 0 Å². The Hall–Kier alpha value is -2.21. The molecule has 0 aliphatic rings. The van der Waals surface area contributed by atoms with Crippen LogP contribution in [0.1, 0.15) is 11.3 Å². The predicted molar refractivity (Wildman–Crippen MR) is 91.1 cm³/mol. The number of aryl methyl sites for hydroxylation is 1. The minimum absolute atomic E-state index is 0.646. The van der Waals surface area contributed by atoms with Crippen molar-refractivity contribution in [2.24, 2.45) is 0 Å². The lowest BCUT2D eigenvalue weighted by atomic mass is 9.97. The van der Waals surface area contributed by atoms with Gasteiger partial charge >= 0.3 is 0 Å². The first-order valence-corrected chi connectivity index (χ1v) is 7.50. The van der Waals surface area contributed by atoms with Crippen molar-refractivity contribution in [2.75, 3.05) is 0 Å². The smallest absolute Gasteiger partial charge is 0.102 e. The maximum Gasteiger partial charge on any atom is 0.102 e. The van der Waals surface area contributed by atoms with Crippen LogP contribution >= 0.6 is 23.2 Å². The van der Waals surface area contributed by atoms with Crippen molar-refractivity contribution in [2.45, 2.75) is 6.92 Å². The van der Waals surface area contributed by atoms with Crippen LogP contribution in [0.25, 0.3) is 22.4 Å². The molecule has 0 saturated heterocycles. The maximum absolute atomic E-state index is 9.50. The zero-order chi connectivity index (χ0) is 15.7. The number of aromatic nitrogens is 1. The highest BCUT2D eigenvalue weighted by atomic mass is 35.5. The lowest BCUT2D eigenvalue weighted by Gasteiger charge is -2.06. The van der Waals surface area contributed by atoms with E-state index < -0.39 is 0 Å². The summed E-state index contributed by atoms with van der Waals surface area (Å²) in [6.07, 6.45) is 0. The minimum atomic E-state index is 0.646. The Morgan fingerprint density at radius 3 is 1.86 bits per heavy atom. The van der Waals surface area contributed by atoms with Crippen LogP contribution in [-0.4, -0.2) is 4.98 Å². The molecule has 0 aliphatic carbocycles. The molecule has 0 aliphatic heterocycles. The molecule has 22 heavy (non-hydrogen) atoms. The van der Waals surface area contributed by atoms with E-state index in [-0.39, 0.29) is 0 Å². The number of aromatic amines is 1. The normalized spacial score (nSPS) is 10.5. The first-order valence-electron chi connectivity index (χ1n) is 6.74. The molecule has 3 aromatic rings. The molecule has 1 N–H and O–H groups in total. The Labute approximate surface area is 138 Å². The van der Waals surface area contributed by atoms with Crippen LogP contribution < -0.4 is 0 Å². The summed E-state index contributed by atoms with van der Waals surface area (Å²) in [5, 5.41) is 10.9. The van der Waals surface area contributed by atoms with Crippen LogP contribution in [-0.2, 0) is 0 Å². The van der Waals surface area contributed by atoms with Crippen molar-refractivity contribution in [1.82, 2.24) is 4.98 Å². The number of benzene rings is 2. The van der Waals surface area contributed by atoms with Gasteiger partial charge in [-0.2, -0.15) is 5.26 Å². The minimum Gasteiger partial charge on any atom is -0.357 e. The molecule has 0 radical (unpaired) electrons. The number of nitrogens with one attached hydrogen (secondary N) is 1. The molecule has 0 amide bonds. The Bertz CT molecular complexity index is 854. The highest BCUT2D eigenvalue weighted by Gasteiger charge is 2.17. The van der Waals surface area contributed by atoms with Crippen LogP contribution in [0, 0.1) is 18.3 Å². The summed E-state index contributed by atoms with van der Waals surface area (Å²) in [7, 11) is 0. The van der Waals surface area contributed by atoms with Crippen molar-refractivity contribution in [3.63, 3.8) is 0 Å². The highest BCUT2D eigenvalue weighted by Crippen LogP contribution is 2.37. The summed E-state index contributed by atoms with van der Waals surface area (Å²) >= 11 is 11.9. The van der Waals surface area contributed by atoms with Crippen molar-refractivity contribution >= 4 is 23.2 Å². The van der Waals surface area contributed by atoms with Gasteiger partial charge in [-0.25, -0.2) is 0 Å². The summed E-state index contributed by atoms with van der Waals surface area (Å²) in [6.45, 7) is 1.90. The molecule has 0 spiro atoms. The van der Waals surface area contributed by atoms with E-state index in [1.165, 1.54) is 0 Å². The molecule has 0 fully saturated rings. The van der Waals surface area contributed by atoms with Crippen LogP contribution in [0.15, 0.2) is 48.5 Å². The van der Waals surface area contributed by atoms with E-state index in [0.29, 0.717) is 15.6 Å². The second kappa shape index (κ2) is 5.88. The van der Waals surface area contributed by atoms with E-state index in [1.54, 1.807) is 0 Å². The van der Waals surface area contributed by atoms with Crippen molar-refractivity contribution in [3.8, 4) is 28.5 Å². The lowest BCUT2D eigenvalue weighted by molar-refractivity contribution is 1.25. The number of halogens is 2. The molecule has 0 bridgehead atoms. The number of hydrogen-bond donors (Lipinski definition) is 1. The molecule has 1 aromatic heterocycles. The summed E-state index contributed by atoms with van der Waals surface area (Å²) in [5.74, 6) is 0. The van der Waals surface area contributed by atoms with Gasteiger partial charge in [0.25, 0.3) is 0 Å². The van der Waals surface area contributed by atoms with E-state index in [1.807, 2.05) is 55.5 Å². The van der Waals surface area contributed by atoms with Crippen LogP contribution in [0.3, 0.4) is 0 Å². The molecule has 0 unspecified atom stereocenters. The number of hydrogen-bond acceptors (Lipinski definition) is 1. The first kappa shape index (κ1) is 14.7. The number of rotatable bonds is 2. The van der Waals surface area contributed by atoms with Gasteiger partial charge in [0.2, 0.25) is 0 Å². The number of nitriles is 1. The third kappa shape index (κ3) is 2.62. The fraction of sp³-hybridized carbons (Fsp3) is 0.0556. The molecular weight excluding hydrogens is 315 g/mol. The Balaban J connectivity index is 2.25. The molecule has 108 valence electrons. The Morgan fingerprint density at radius 1 is 0.864 bits per heavy atom. The SMILES string of the molecule is Cc1[nH]c(-c2ccc(Cl)cc2)c(-c2ccc(Cl)cc2)c1C#N. The van der Waals surface area contributed by atoms with Gasteiger partial charge in [-0.1, -0.05) is 47.5 Å². The third-order valence-corrected chi connectivity index (χ3v) is 4.07. The molecule has 2 aromatic carbocycles. The predicted octanol–water partition coefficient (Wildman–Crippen LogP) is 5.84. The van der Waals surface area contributed by atoms with Gasteiger partial charge in [-0.15, -0.1) is 0 Å². The van der Waals surface area contributed by atoms with E-state index in [2.05, 4.69) is 11.1 Å². The molecule has 0 atom stereocenters. The van der Waals surface area contributed by atoms with E-state index >= 15 is 0 Å². The standard InChI is InChI=1S/C18H12Cl2N2/c1-11-16(10-21)17(12-2-6-14(19)7-3-12)18(22-11)13-4-8-15(20)9-5-13/h2-9,22H,1H3. The number of nitrogens with zero attached hydrogens (tertiary/aromatic N) is 1. The van der Waals surface area contributed by atoms with Crippen LogP contribution in [0.5, 0.6) is 0 Å². The highest BCUT2D eigenvalue weighted by molar-refractivity contribution is 6.31. The zero-order valence-electron chi connectivity index (χ0n) is 11.8. The molecule has 2 nitrogen and oxygen atoms in total. The quantitative estimate of drug-likeness (QED) is 0.631. The zero-order valence-corrected chi connectivity index (χ0v) is 13.3. The van der Waals surface area contributed by atoms with Gasteiger partial charge in [-0.05, 0) is 42.3 Å². The van der Waals surface area contributed by atoms with E-state index in [4.69, 9.17) is 23.2 Å². The average molecular weight is 327 g/mol. The van der Waals surface area contributed by atoms with Gasteiger partial charge in [-0.3, -0.25) is 0 Å². The molecule has 4 heteroatoms. The summed E-state index contributed by atoms with van der Waals surface area (Å²) < 4.78 is 0. The molecule has 0 saturated carbocycles. The lowest BCUT2D eigenvalue weighted by Crippen LogP contribution is -1.84. The monoisotopic (exact) mass is 326 g/mol. The average Bonchev–Trinajstić information content (AvgIpc) is 2.85. The van der Waals surface area contributed by atoms with Crippen molar-refractivity contribution in [1.29, 1.82) is 5.26 Å².